The van der Waals surface area contributed by atoms with E-state index in [2.05, 4.69) is 18.9 Å². The topological polar surface area (TPSA) is 58.6 Å². The number of β-lactam (4-membered cyclic amide) rings is 1. The van der Waals surface area contributed by atoms with Gasteiger partial charge in [0, 0.05) is 0 Å². The number of nitrogens with zero attached hydrogens (tertiary/aromatic N) is 1. The summed E-state index contributed by atoms with van der Waals surface area (Å²) in [5.74, 6) is 0.0237. The van der Waals surface area contributed by atoms with Gasteiger partial charge in [0.1, 0.15) is 0 Å². The van der Waals surface area contributed by atoms with E-state index in [1.165, 1.54) is 38.0 Å². The summed E-state index contributed by atoms with van der Waals surface area (Å²) < 4.78 is 3.46. The molecule has 2 rings (SSSR count). The molecule has 2 aliphatic rings. The second kappa shape index (κ2) is 11.1. The first-order chi connectivity index (χ1) is 13.2. The molecule has 2 aliphatic heterocycles. The molecule has 0 unspecified atom stereocenters. The van der Waals surface area contributed by atoms with E-state index < -0.39 is 17.8 Å². The monoisotopic (exact) mass is 490 g/mol. The van der Waals surface area contributed by atoms with Crippen LogP contribution in [-0.2, 0) is 14.3 Å². The molecule has 2 atom stereocenters. The average molecular weight is 492 g/mol. The number of fused-ring (bicyclic) bond motifs is 1. The van der Waals surface area contributed by atoms with Gasteiger partial charge in [0.05, 0.1) is 0 Å². The summed E-state index contributed by atoms with van der Waals surface area (Å²) in [6.45, 7) is 5.88. The Balaban J connectivity index is 2.04. The van der Waals surface area contributed by atoms with Gasteiger partial charge in [-0.15, -0.1) is 0 Å². The summed E-state index contributed by atoms with van der Waals surface area (Å²) in [6.07, 6.45) is 7.13. The molecule has 0 aliphatic carbocycles. The van der Waals surface area contributed by atoms with Crippen molar-refractivity contribution in [3.05, 3.63) is 11.3 Å². The Kier molecular flexibility index (Phi) is 9.70. The fourth-order valence-electron chi connectivity index (χ4n) is 3.46. The molecule has 1 fully saturated rings. The SMILES string of the molecule is CCCC[PH2](CCCC)N[C@@H]1C(=O)N2C(C(=O)OCC(Cl)(Cl)Cl)=C(C)CS[C@@H]12. The van der Waals surface area contributed by atoms with Crippen LogP contribution in [0.5, 0.6) is 0 Å². The third-order valence-electron chi connectivity index (χ3n) is 4.95. The Morgan fingerprint density at radius 3 is 2.43 bits per heavy atom. The third kappa shape index (κ3) is 6.39. The Labute approximate surface area is 188 Å². The fourth-order valence-corrected chi connectivity index (χ4v) is 8.33. The van der Waals surface area contributed by atoms with E-state index in [-0.39, 0.29) is 23.9 Å². The molecule has 0 saturated carbocycles. The maximum atomic E-state index is 12.9. The van der Waals surface area contributed by atoms with Crippen LogP contribution in [-0.4, -0.2) is 56.7 Å². The van der Waals surface area contributed by atoms with E-state index >= 15 is 0 Å². The molecule has 0 bridgehead atoms. The summed E-state index contributed by atoms with van der Waals surface area (Å²) in [5.41, 5.74) is 1.12. The van der Waals surface area contributed by atoms with Crippen LogP contribution in [0.4, 0.5) is 0 Å². The first-order valence-corrected chi connectivity index (χ1v) is 14.2. The van der Waals surface area contributed by atoms with Crippen molar-refractivity contribution in [2.75, 3.05) is 24.7 Å². The van der Waals surface area contributed by atoms with Crippen LogP contribution in [0.1, 0.15) is 46.5 Å². The van der Waals surface area contributed by atoms with Crippen molar-refractivity contribution >= 4 is 66.5 Å². The molecule has 1 saturated heterocycles. The second-order valence-electron chi connectivity index (χ2n) is 7.36. The number of rotatable bonds is 10. The van der Waals surface area contributed by atoms with Crippen LogP contribution in [0, 0.1) is 0 Å². The maximum absolute atomic E-state index is 12.9. The van der Waals surface area contributed by atoms with Gasteiger partial charge in [0.2, 0.25) is 0 Å². The van der Waals surface area contributed by atoms with Crippen LogP contribution >= 0.6 is 54.6 Å². The van der Waals surface area contributed by atoms with Crippen LogP contribution in [0.2, 0.25) is 0 Å². The zero-order valence-electron chi connectivity index (χ0n) is 16.6. The second-order valence-corrected chi connectivity index (χ2v) is 13.9. The Hall–Kier alpha value is 0.290. The van der Waals surface area contributed by atoms with Crippen molar-refractivity contribution in [1.29, 1.82) is 0 Å². The van der Waals surface area contributed by atoms with Gasteiger partial charge < -0.3 is 0 Å². The van der Waals surface area contributed by atoms with Crippen molar-refractivity contribution < 1.29 is 14.3 Å². The number of amides is 1. The number of esters is 1. The molecule has 1 N–H and O–H groups in total. The number of alkyl halides is 3. The third-order valence-corrected chi connectivity index (χ3v) is 9.74. The van der Waals surface area contributed by atoms with Gasteiger partial charge in [0.15, 0.2) is 0 Å². The van der Waals surface area contributed by atoms with Gasteiger partial charge >= 0.3 is 188 Å². The molecule has 0 aromatic carbocycles. The van der Waals surface area contributed by atoms with E-state index in [0.717, 1.165) is 5.57 Å². The molecule has 0 aromatic heterocycles. The fraction of sp³-hybridized carbons (Fsp3) is 0.778. The number of nitrogens with one attached hydrogen (secondary N) is 1. The molecule has 162 valence electrons. The number of ether oxygens (including phenoxy) is 1. The van der Waals surface area contributed by atoms with Crippen molar-refractivity contribution in [2.45, 2.75) is 61.7 Å². The molecule has 10 heteroatoms. The molecule has 0 aromatic rings. The summed E-state index contributed by atoms with van der Waals surface area (Å²) in [7, 11) is -1.19. The van der Waals surface area contributed by atoms with Crippen LogP contribution in [0.3, 0.4) is 0 Å². The van der Waals surface area contributed by atoms with E-state index in [4.69, 9.17) is 39.5 Å². The minimum atomic E-state index is -1.67. The summed E-state index contributed by atoms with van der Waals surface area (Å²) in [4.78, 5) is 27.0. The molecule has 0 spiro atoms. The van der Waals surface area contributed by atoms with Crippen molar-refractivity contribution in [2.24, 2.45) is 0 Å². The van der Waals surface area contributed by atoms with Crippen molar-refractivity contribution in [1.82, 2.24) is 9.99 Å². The summed E-state index contributed by atoms with van der Waals surface area (Å²) in [6, 6.07) is -0.209. The number of halogens is 3. The first kappa shape index (κ1) is 24.6. The predicted molar refractivity (Wildman–Crippen MR) is 123 cm³/mol. The van der Waals surface area contributed by atoms with E-state index in [1.54, 1.807) is 16.7 Å². The molecule has 28 heavy (non-hydrogen) atoms. The van der Waals surface area contributed by atoms with E-state index in [0.29, 0.717) is 11.4 Å². The van der Waals surface area contributed by atoms with E-state index in [1.807, 2.05) is 6.92 Å². The standard InChI is InChI=1S/C18H30Cl3N2O3PS/c1-4-6-8-27(9-7-5-2)22-13-15(24)23-14(12(3)10-28-16(13)23)17(25)26-11-18(19,20)21/h13,16,22H,4-11,27H2,1-3H3/t13-,16+/m1/s1. The molecule has 1 amide bonds. The predicted octanol–water partition coefficient (Wildman–Crippen LogP) is 4.51. The summed E-state index contributed by atoms with van der Waals surface area (Å²) in [5, 5.41) is 3.63. The zero-order chi connectivity index (χ0) is 20.9. The Morgan fingerprint density at radius 2 is 1.89 bits per heavy atom. The Bertz CT molecular complexity index is 607. The van der Waals surface area contributed by atoms with Gasteiger partial charge in [-0.05, 0) is 0 Å². The van der Waals surface area contributed by atoms with Gasteiger partial charge in [-0.3, -0.25) is 0 Å². The van der Waals surface area contributed by atoms with Crippen LogP contribution < -0.4 is 5.09 Å². The summed E-state index contributed by atoms with van der Waals surface area (Å²) >= 11 is 18.7. The van der Waals surface area contributed by atoms with Gasteiger partial charge in [-0.1, -0.05) is 0 Å². The quantitative estimate of drug-likeness (QED) is 0.211. The number of hydrogen-bond acceptors (Lipinski definition) is 5. The van der Waals surface area contributed by atoms with Gasteiger partial charge in [0.25, 0.3) is 0 Å². The number of carbonyl (C=O) groups excluding carboxylic acids is 2. The average Bonchev–Trinajstić information content (AvgIpc) is 2.64. The number of carbonyl (C=O) groups is 2. The molecule has 5 nitrogen and oxygen atoms in total. The minimum absolute atomic E-state index is 0.0529. The molecule has 0 radical (unpaired) electrons. The van der Waals surface area contributed by atoms with Gasteiger partial charge in [-0.2, -0.15) is 0 Å². The number of thioether (sulfide) groups is 1. The normalized spacial score (nSPS) is 22.7. The van der Waals surface area contributed by atoms with Gasteiger partial charge in [-0.25, -0.2) is 0 Å². The molecular weight excluding hydrogens is 462 g/mol. The number of unbranched alkanes of at least 4 members (excludes halogenated alkanes) is 2. The first-order valence-electron chi connectivity index (χ1n) is 9.83. The zero-order valence-corrected chi connectivity index (χ0v) is 20.8. The van der Waals surface area contributed by atoms with E-state index in [9.17, 15) is 9.59 Å². The molecule has 2 heterocycles. The van der Waals surface area contributed by atoms with Crippen LogP contribution in [0.25, 0.3) is 0 Å². The Morgan fingerprint density at radius 1 is 1.29 bits per heavy atom. The molecular formula is C18H30Cl3N2O3PS. The number of hydrogen-bond donors (Lipinski definition) is 1. The van der Waals surface area contributed by atoms with Crippen molar-refractivity contribution in [3.63, 3.8) is 0 Å². The van der Waals surface area contributed by atoms with Crippen LogP contribution in [0.15, 0.2) is 11.3 Å². The van der Waals surface area contributed by atoms with Crippen molar-refractivity contribution in [3.8, 4) is 0 Å².